The van der Waals surface area contributed by atoms with Crippen molar-refractivity contribution in [3.63, 3.8) is 0 Å². The van der Waals surface area contributed by atoms with E-state index >= 15 is 0 Å². The van der Waals surface area contributed by atoms with E-state index in [1.807, 2.05) is 12.1 Å². The highest BCUT2D eigenvalue weighted by molar-refractivity contribution is 5.27. The molecule has 0 radical (unpaired) electrons. The molecule has 1 atom stereocenters. The van der Waals surface area contributed by atoms with Crippen molar-refractivity contribution in [3.8, 4) is 5.75 Å². The summed E-state index contributed by atoms with van der Waals surface area (Å²) in [5, 5.41) is 3.36. The number of ether oxygens (including phenoxy) is 2. The summed E-state index contributed by atoms with van der Waals surface area (Å²) in [4.78, 5) is 2.34. The van der Waals surface area contributed by atoms with Crippen LogP contribution in [0.4, 0.5) is 0 Å². The third-order valence-corrected chi connectivity index (χ3v) is 3.46. The molecule has 0 bridgehead atoms. The van der Waals surface area contributed by atoms with Gasteiger partial charge < -0.3 is 19.7 Å². The highest BCUT2D eigenvalue weighted by Gasteiger charge is 2.15. The molecular formula is C15H24N2O2. The topological polar surface area (TPSA) is 33.7 Å². The summed E-state index contributed by atoms with van der Waals surface area (Å²) in [6.45, 7) is 4.81. The minimum Gasteiger partial charge on any atom is -0.497 e. The van der Waals surface area contributed by atoms with E-state index in [0.717, 1.165) is 45.0 Å². The van der Waals surface area contributed by atoms with Crippen LogP contribution in [-0.2, 0) is 11.2 Å². The summed E-state index contributed by atoms with van der Waals surface area (Å²) in [7, 11) is 3.85. The van der Waals surface area contributed by atoms with Gasteiger partial charge in [0.1, 0.15) is 5.75 Å². The Hall–Kier alpha value is -1.10. The SMILES string of the molecule is COc1ccc(CCN(C)CC2CNCCO2)cc1. The monoisotopic (exact) mass is 264 g/mol. The molecule has 1 aliphatic rings. The van der Waals surface area contributed by atoms with Crippen LogP contribution >= 0.6 is 0 Å². The first-order valence-electron chi connectivity index (χ1n) is 6.91. The van der Waals surface area contributed by atoms with Gasteiger partial charge in [-0.25, -0.2) is 0 Å². The predicted octanol–water partition coefficient (Wildman–Crippen LogP) is 1.16. The van der Waals surface area contributed by atoms with Gasteiger partial charge in [-0.1, -0.05) is 12.1 Å². The van der Waals surface area contributed by atoms with Crippen molar-refractivity contribution in [1.29, 1.82) is 0 Å². The summed E-state index contributed by atoms with van der Waals surface area (Å²) in [5.41, 5.74) is 1.34. The van der Waals surface area contributed by atoms with Crippen LogP contribution in [0.25, 0.3) is 0 Å². The van der Waals surface area contributed by atoms with E-state index in [-0.39, 0.29) is 0 Å². The molecular weight excluding hydrogens is 240 g/mol. The Labute approximate surface area is 115 Å². The Balaban J connectivity index is 1.71. The van der Waals surface area contributed by atoms with E-state index in [1.165, 1.54) is 5.56 Å². The van der Waals surface area contributed by atoms with Crippen LogP contribution < -0.4 is 10.1 Å². The zero-order valence-electron chi connectivity index (χ0n) is 11.9. The molecule has 1 aromatic rings. The second kappa shape index (κ2) is 7.48. The Kier molecular flexibility index (Phi) is 5.63. The standard InChI is InChI=1S/C15H24N2O2/c1-17(12-15-11-16-8-10-19-15)9-7-13-3-5-14(18-2)6-4-13/h3-6,15-16H,7-12H2,1-2H3. The van der Waals surface area contributed by atoms with Gasteiger partial charge in [0.25, 0.3) is 0 Å². The quantitative estimate of drug-likeness (QED) is 0.836. The molecule has 1 aromatic carbocycles. The minimum absolute atomic E-state index is 0.328. The van der Waals surface area contributed by atoms with Crippen LogP contribution in [0.1, 0.15) is 5.56 Å². The van der Waals surface area contributed by atoms with Crippen LogP contribution in [0.5, 0.6) is 5.75 Å². The molecule has 106 valence electrons. The fraction of sp³-hybridized carbons (Fsp3) is 0.600. The van der Waals surface area contributed by atoms with Gasteiger partial charge in [-0.2, -0.15) is 0 Å². The van der Waals surface area contributed by atoms with Crippen LogP contribution in [0.3, 0.4) is 0 Å². The summed E-state index contributed by atoms with van der Waals surface area (Å²) < 4.78 is 10.9. The number of benzene rings is 1. The van der Waals surface area contributed by atoms with E-state index in [2.05, 4.69) is 29.4 Å². The molecule has 0 aliphatic carbocycles. The molecule has 4 nitrogen and oxygen atoms in total. The first-order valence-corrected chi connectivity index (χ1v) is 6.91. The first-order chi connectivity index (χ1) is 9.28. The molecule has 0 saturated carbocycles. The molecule has 4 heteroatoms. The van der Waals surface area contributed by atoms with Gasteiger partial charge in [0.15, 0.2) is 0 Å². The average molecular weight is 264 g/mol. The molecule has 0 amide bonds. The van der Waals surface area contributed by atoms with E-state index in [0.29, 0.717) is 6.10 Å². The molecule has 1 aliphatic heterocycles. The normalized spacial score (nSPS) is 19.6. The van der Waals surface area contributed by atoms with Crippen molar-refractivity contribution in [1.82, 2.24) is 10.2 Å². The zero-order valence-corrected chi connectivity index (χ0v) is 11.9. The van der Waals surface area contributed by atoms with Crippen LogP contribution in [0, 0.1) is 0 Å². The van der Waals surface area contributed by atoms with Crippen molar-refractivity contribution in [2.75, 3.05) is 46.9 Å². The Bertz CT molecular complexity index is 361. The number of rotatable bonds is 6. The largest absolute Gasteiger partial charge is 0.497 e. The zero-order chi connectivity index (χ0) is 13.5. The van der Waals surface area contributed by atoms with Crippen LogP contribution in [-0.4, -0.2) is 57.9 Å². The molecule has 0 spiro atoms. The lowest BCUT2D eigenvalue weighted by molar-refractivity contribution is 0.0103. The van der Waals surface area contributed by atoms with Crippen LogP contribution in [0.2, 0.25) is 0 Å². The third kappa shape index (κ3) is 4.82. The highest BCUT2D eigenvalue weighted by atomic mass is 16.5. The molecule has 0 aromatic heterocycles. The molecule has 1 fully saturated rings. The van der Waals surface area contributed by atoms with Gasteiger partial charge in [-0.05, 0) is 31.2 Å². The number of nitrogens with zero attached hydrogens (tertiary/aromatic N) is 1. The van der Waals surface area contributed by atoms with Crippen LogP contribution in [0.15, 0.2) is 24.3 Å². The number of methoxy groups -OCH3 is 1. The van der Waals surface area contributed by atoms with Gasteiger partial charge in [-0.15, -0.1) is 0 Å². The molecule has 1 heterocycles. The third-order valence-electron chi connectivity index (χ3n) is 3.46. The predicted molar refractivity (Wildman–Crippen MR) is 76.8 cm³/mol. The summed E-state index contributed by atoms with van der Waals surface area (Å²) in [6.07, 6.45) is 1.38. The second-order valence-corrected chi connectivity index (χ2v) is 5.06. The number of nitrogens with one attached hydrogen (secondary N) is 1. The smallest absolute Gasteiger partial charge is 0.118 e. The second-order valence-electron chi connectivity index (χ2n) is 5.06. The van der Waals surface area contributed by atoms with Crippen molar-refractivity contribution in [2.45, 2.75) is 12.5 Å². The molecule has 2 rings (SSSR count). The van der Waals surface area contributed by atoms with Crippen molar-refractivity contribution < 1.29 is 9.47 Å². The lowest BCUT2D eigenvalue weighted by Gasteiger charge is -2.28. The van der Waals surface area contributed by atoms with Crippen molar-refractivity contribution in [3.05, 3.63) is 29.8 Å². The Morgan fingerprint density at radius 1 is 1.37 bits per heavy atom. The molecule has 1 N–H and O–H groups in total. The van der Waals surface area contributed by atoms with E-state index in [9.17, 15) is 0 Å². The summed E-state index contributed by atoms with van der Waals surface area (Å²) in [5.74, 6) is 0.916. The average Bonchev–Trinajstić information content (AvgIpc) is 2.47. The van der Waals surface area contributed by atoms with Gasteiger partial charge in [0.05, 0.1) is 19.8 Å². The maximum Gasteiger partial charge on any atom is 0.118 e. The molecule has 1 unspecified atom stereocenters. The van der Waals surface area contributed by atoms with Gasteiger partial charge in [-0.3, -0.25) is 0 Å². The molecule has 1 saturated heterocycles. The maximum atomic E-state index is 5.71. The number of hydrogen-bond acceptors (Lipinski definition) is 4. The number of hydrogen-bond donors (Lipinski definition) is 1. The summed E-state index contributed by atoms with van der Waals surface area (Å²) >= 11 is 0. The number of morpholine rings is 1. The summed E-state index contributed by atoms with van der Waals surface area (Å²) in [6, 6.07) is 8.30. The number of likely N-dealkylation sites (N-methyl/N-ethyl adjacent to an activating group) is 1. The van der Waals surface area contributed by atoms with E-state index in [4.69, 9.17) is 9.47 Å². The Morgan fingerprint density at radius 2 is 2.16 bits per heavy atom. The highest BCUT2D eigenvalue weighted by Crippen LogP contribution is 2.12. The minimum atomic E-state index is 0.328. The van der Waals surface area contributed by atoms with Gasteiger partial charge in [0, 0.05) is 26.2 Å². The van der Waals surface area contributed by atoms with Gasteiger partial charge in [0.2, 0.25) is 0 Å². The first kappa shape index (κ1) is 14.3. The van der Waals surface area contributed by atoms with Gasteiger partial charge >= 0.3 is 0 Å². The lowest BCUT2D eigenvalue weighted by atomic mass is 10.1. The fourth-order valence-corrected chi connectivity index (χ4v) is 2.29. The van der Waals surface area contributed by atoms with Crippen molar-refractivity contribution >= 4 is 0 Å². The van der Waals surface area contributed by atoms with E-state index in [1.54, 1.807) is 7.11 Å². The Morgan fingerprint density at radius 3 is 2.79 bits per heavy atom. The van der Waals surface area contributed by atoms with E-state index < -0.39 is 0 Å². The fourth-order valence-electron chi connectivity index (χ4n) is 2.29. The lowest BCUT2D eigenvalue weighted by Crippen LogP contribution is -2.44. The van der Waals surface area contributed by atoms with Crippen molar-refractivity contribution in [2.24, 2.45) is 0 Å². The maximum absolute atomic E-state index is 5.71. The molecule has 19 heavy (non-hydrogen) atoms.